The molecule has 2 N–H and O–H groups in total. The smallest absolute Gasteiger partial charge is 0.260 e. The Morgan fingerprint density at radius 3 is 2.62 bits per heavy atom. The van der Waals surface area contributed by atoms with Gasteiger partial charge in [-0.05, 0) is 73.9 Å². The van der Waals surface area contributed by atoms with Crippen molar-refractivity contribution in [1.29, 1.82) is 0 Å². The first-order valence-electron chi connectivity index (χ1n) is 11.4. The van der Waals surface area contributed by atoms with E-state index in [4.69, 9.17) is 33.9 Å². The van der Waals surface area contributed by atoms with Crippen LogP contribution in [0.15, 0.2) is 47.3 Å². The normalized spacial score (nSPS) is 18.5. The van der Waals surface area contributed by atoms with Crippen LogP contribution in [0.2, 0.25) is 10.0 Å². The van der Waals surface area contributed by atoms with Crippen LogP contribution in [-0.2, 0) is 6.42 Å². The molecule has 1 aliphatic carbocycles. The average Bonchev–Trinajstić information content (AvgIpc) is 3.08. The average molecular weight is 493 g/mol. The van der Waals surface area contributed by atoms with Gasteiger partial charge in [0.25, 0.3) is 5.56 Å². The quantitative estimate of drug-likeness (QED) is 0.507. The Morgan fingerprint density at radius 2 is 1.91 bits per heavy atom. The van der Waals surface area contributed by atoms with Crippen LogP contribution in [0.25, 0.3) is 5.69 Å². The van der Waals surface area contributed by atoms with Crippen molar-refractivity contribution < 1.29 is 0 Å². The number of aryl methyl sites for hydroxylation is 1. The van der Waals surface area contributed by atoms with Crippen molar-refractivity contribution in [1.82, 2.24) is 9.55 Å². The van der Waals surface area contributed by atoms with Crippen LogP contribution in [-0.4, -0.2) is 22.6 Å². The second-order valence-electron chi connectivity index (χ2n) is 9.20. The monoisotopic (exact) mass is 492 g/mol. The van der Waals surface area contributed by atoms with E-state index in [1.165, 1.54) is 15.7 Å². The minimum atomic E-state index is -0.179. The second kappa shape index (κ2) is 8.78. The molecule has 0 bridgehead atoms. The van der Waals surface area contributed by atoms with Gasteiger partial charge in [0.1, 0.15) is 11.6 Å². The molecule has 2 aromatic carbocycles. The summed E-state index contributed by atoms with van der Waals surface area (Å²) in [6.45, 7) is 5.27. The lowest BCUT2D eigenvalue weighted by Gasteiger charge is -2.42. The van der Waals surface area contributed by atoms with E-state index >= 15 is 0 Å². The molecule has 0 amide bonds. The van der Waals surface area contributed by atoms with E-state index in [1.54, 1.807) is 24.3 Å². The van der Waals surface area contributed by atoms with Crippen LogP contribution in [0.1, 0.15) is 48.3 Å². The van der Waals surface area contributed by atoms with Gasteiger partial charge in [-0.3, -0.25) is 9.36 Å². The summed E-state index contributed by atoms with van der Waals surface area (Å²) in [6.07, 6.45) is 2.88. The Balaban J connectivity index is 1.38. The molecule has 34 heavy (non-hydrogen) atoms. The Morgan fingerprint density at radius 1 is 1.15 bits per heavy atom. The zero-order valence-corrected chi connectivity index (χ0v) is 20.7. The third-order valence-corrected chi connectivity index (χ3v) is 8.09. The van der Waals surface area contributed by atoms with Crippen LogP contribution in [0.5, 0.6) is 0 Å². The number of hydrogen-bond donors (Lipinski definition) is 1. The highest BCUT2D eigenvalue weighted by molar-refractivity contribution is 6.43. The molecule has 2 heterocycles. The Bertz CT molecular complexity index is 1390. The minimum absolute atomic E-state index is 0.00377. The van der Waals surface area contributed by atoms with Crippen LogP contribution in [0.3, 0.4) is 0 Å². The highest BCUT2D eigenvalue weighted by atomic mass is 35.5. The third kappa shape index (κ3) is 3.80. The lowest BCUT2D eigenvalue weighted by molar-refractivity contribution is 0.187. The highest BCUT2D eigenvalue weighted by Crippen LogP contribution is 2.51. The van der Waals surface area contributed by atoms with Crippen LogP contribution < -0.4 is 16.2 Å². The number of benzene rings is 2. The van der Waals surface area contributed by atoms with E-state index in [0.717, 1.165) is 37.9 Å². The molecule has 1 aliphatic heterocycles. The topological polar surface area (TPSA) is 64.2 Å². The fourth-order valence-electron chi connectivity index (χ4n) is 5.46. The first-order chi connectivity index (χ1) is 16.3. The molecule has 1 saturated heterocycles. The Hall–Kier alpha value is -2.78. The van der Waals surface area contributed by atoms with Gasteiger partial charge < -0.3 is 10.6 Å². The fourth-order valence-corrected chi connectivity index (χ4v) is 5.84. The molecule has 1 fully saturated rings. The van der Waals surface area contributed by atoms with Gasteiger partial charge in [-0.15, -0.1) is 5.92 Å². The van der Waals surface area contributed by atoms with Crippen molar-refractivity contribution in [3.8, 4) is 17.5 Å². The number of hydrogen-bond acceptors (Lipinski definition) is 4. The summed E-state index contributed by atoms with van der Waals surface area (Å²) in [4.78, 5) is 20.0. The summed E-state index contributed by atoms with van der Waals surface area (Å²) in [7, 11) is 0. The van der Waals surface area contributed by atoms with Crippen molar-refractivity contribution in [3.63, 3.8) is 0 Å². The van der Waals surface area contributed by atoms with Crippen LogP contribution >= 0.6 is 23.2 Å². The summed E-state index contributed by atoms with van der Waals surface area (Å²) < 4.78 is 1.50. The highest BCUT2D eigenvalue weighted by Gasteiger charge is 2.46. The van der Waals surface area contributed by atoms with Crippen molar-refractivity contribution in [3.05, 3.63) is 85.4 Å². The molecule has 1 atom stereocenters. The van der Waals surface area contributed by atoms with Gasteiger partial charge >= 0.3 is 0 Å². The van der Waals surface area contributed by atoms with E-state index in [1.807, 2.05) is 13.8 Å². The van der Waals surface area contributed by atoms with Gasteiger partial charge in [0.15, 0.2) is 0 Å². The molecule has 2 aliphatic rings. The van der Waals surface area contributed by atoms with Gasteiger partial charge in [0.2, 0.25) is 0 Å². The second-order valence-corrected chi connectivity index (χ2v) is 9.99. The molecular formula is C27H26Cl2N4O. The van der Waals surface area contributed by atoms with E-state index in [0.29, 0.717) is 27.4 Å². The molecule has 0 unspecified atom stereocenters. The van der Waals surface area contributed by atoms with E-state index < -0.39 is 0 Å². The number of nitrogens with two attached hydrogens (primary N) is 1. The van der Waals surface area contributed by atoms with E-state index in [2.05, 4.69) is 34.9 Å². The molecule has 3 aromatic rings. The molecule has 1 spiro atoms. The minimum Gasteiger partial charge on any atom is -0.356 e. The van der Waals surface area contributed by atoms with Crippen molar-refractivity contribution in [2.75, 3.05) is 18.0 Å². The molecule has 7 heteroatoms. The zero-order valence-electron chi connectivity index (χ0n) is 19.2. The Kier molecular flexibility index (Phi) is 5.93. The van der Waals surface area contributed by atoms with Gasteiger partial charge in [0, 0.05) is 30.8 Å². The van der Waals surface area contributed by atoms with Crippen LogP contribution in [0, 0.1) is 24.2 Å². The number of anilines is 1. The standard InChI is InChI=1S/C27H26Cl2N4O/c1-3-5-18-8-9-19-16-27(26(30)20(19)14-18)10-12-32(13-11-27)23-15-24(34)33(17(2)31-23)22-7-4-6-21(28)25(22)29/h4,6-9,14-15,26H,10-13,16,30H2,1-2H3/t26-/m1/s1. The maximum absolute atomic E-state index is 13.1. The molecule has 0 radical (unpaired) electrons. The molecular weight excluding hydrogens is 467 g/mol. The molecule has 5 rings (SSSR count). The largest absolute Gasteiger partial charge is 0.356 e. The lowest BCUT2D eigenvalue weighted by Crippen LogP contribution is -2.45. The van der Waals surface area contributed by atoms with Gasteiger partial charge in [-0.25, -0.2) is 4.98 Å². The summed E-state index contributed by atoms with van der Waals surface area (Å²) in [5, 5.41) is 0.741. The van der Waals surface area contributed by atoms with Gasteiger partial charge in [-0.2, -0.15) is 0 Å². The molecule has 5 nitrogen and oxygen atoms in total. The SMILES string of the molecule is CC#Cc1ccc2c(c1)[C@@H](N)C1(CCN(c3cc(=O)n(-c4cccc(Cl)c4Cl)c(C)n3)CC1)C2. The number of nitrogens with zero attached hydrogens (tertiary/aromatic N) is 3. The summed E-state index contributed by atoms with van der Waals surface area (Å²) in [5.41, 5.74) is 10.8. The van der Waals surface area contributed by atoms with Gasteiger partial charge in [0.05, 0.1) is 15.7 Å². The fraction of sp³-hybridized carbons (Fsp3) is 0.333. The first-order valence-corrected chi connectivity index (χ1v) is 12.2. The van der Waals surface area contributed by atoms with Gasteiger partial charge in [-0.1, -0.05) is 41.3 Å². The lowest BCUT2D eigenvalue weighted by atomic mass is 9.73. The number of aromatic nitrogens is 2. The maximum Gasteiger partial charge on any atom is 0.260 e. The van der Waals surface area contributed by atoms with Crippen LogP contribution in [0.4, 0.5) is 5.82 Å². The molecule has 174 valence electrons. The zero-order chi connectivity index (χ0) is 24.0. The predicted octanol–water partition coefficient (Wildman–Crippen LogP) is 5.06. The summed E-state index contributed by atoms with van der Waals surface area (Å²) in [6, 6.07) is 13.2. The van der Waals surface area contributed by atoms with Crippen molar-refractivity contribution in [2.24, 2.45) is 11.1 Å². The third-order valence-electron chi connectivity index (χ3n) is 7.28. The van der Waals surface area contributed by atoms with E-state index in [-0.39, 0.29) is 17.0 Å². The maximum atomic E-state index is 13.1. The predicted molar refractivity (Wildman–Crippen MR) is 138 cm³/mol. The number of halogens is 2. The summed E-state index contributed by atoms with van der Waals surface area (Å²) >= 11 is 12.5. The molecule has 0 saturated carbocycles. The number of rotatable bonds is 2. The molecule has 1 aromatic heterocycles. The van der Waals surface area contributed by atoms with E-state index in [9.17, 15) is 4.79 Å². The number of fused-ring (bicyclic) bond motifs is 1. The van der Waals surface area contributed by atoms with Crippen molar-refractivity contribution in [2.45, 2.75) is 39.2 Å². The first kappa shape index (κ1) is 23.0. The van der Waals surface area contributed by atoms with Crippen molar-refractivity contribution >= 4 is 29.0 Å². The Labute approximate surface area is 209 Å². The number of piperidine rings is 1. The summed E-state index contributed by atoms with van der Waals surface area (Å²) in [5.74, 6) is 7.37.